The molecule has 0 radical (unpaired) electrons. The van der Waals surface area contributed by atoms with Gasteiger partial charge in [0.15, 0.2) is 5.75 Å². The number of Topliss-reactive ketones (excluding diaryl/α,β-unsaturated/α-hetero) is 1. The van der Waals surface area contributed by atoms with Gasteiger partial charge in [0.2, 0.25) is 12.1 Å². The van der Waals surface area contributed by atoms with Gasteiger partial charge in [-0.2, -0.15) is 0 Å². The predicted octanol–water partition coefficient (Wildman–Crippen LogP) is 2.03. The summed E-state index contributed by atoms with van der Waals surface area (Å²) in [6, 6.07) is 12.7. The second-order valence-electron chi connectivity index (χ2n) is 4.92. The lowest BCUT2D eigenvalue weighted by molar-refractivity contribution is -0.0196. The second kappa shape index (κ2) is 6.51. The van der Waals surface area contributed by atoms with Crippen molar-refractivity contribution in [1.82, 2.24) is 0 Å². The average molecular weight is 313 g/mol. The van der Waals surface area contributed by atoms with Gasteiger partial charge in [-0.15, -0.1) is 0 Å². The Hall–Kier alpha value is -2.83. The molecule has 0 unspecified atom stereocenters. The maximum absolute atomic E-state index is 12.0. The number of ether oxygens (including phenoxy) is 2. The predicted molar refractivity (Wildman–Crippen MR) is 83.2 cm³/mol. The third-order valence-corrected chi connectivity index (χ3v) is 3.30. The van der Waals surface area contributed by atoms with Gasteiger partial charge < -0.3 is 25.0 Å². The molecule has 0 saturated heterocycles. The van der Waals surface area contributed by atoms with Crippen LogP contribution in [0.4, 0.5) is 5.69 Å². The van der Waals surface area contributed by atoms with E-state index in [1.165, 1.54) is 12.3 Å². The van der Waals surface area contributed by atoms with Crippen LogP contribution in [0.1, 0.15) is 15.9 Å². The van der Waals surface area contributed by atoms with E-state index in [-0.39, 0.29) is 11.3 Å². The molecule has 23 heavy (non-hydrogen) atoms. The molecule has 3 N–H and O–H groups in total. The van der Waals surface area contributed by atoms with Crippen molar-refractivity contribution in [2.45, 2.75) is 12.9 Å². The molecular weight excluding hydrogens is 298 g/mol. The highest BCUT2D eigenvalue weighted by atomic mass is 16.5. The van der Waals surface area contributed by atoms with Gasteiger partial charge >= 0.3 is 0 Å². The lowest BCUT2D eigenvalue weighted by Crippen LogP contribution is -2.21. The number of carbonyl (C=O) groups excluding carboxylic acids is 1. The van der Waals surface area contributed by atoms with Crippen LogP contribution >= 0.6 is 0 Å². The van der Waals surface area contributed by atoms with Crippen molar-refractivity contribution >= 4 is 11.5 Å². The van der Waals surface area contributed by atoms with E-state index in [1.54, 1.807) is 12.3 Å². The van der Waals surface area contributed by atoms with Crippen molar-refractivity contribution < 1.29 is 24.5 Å². The summed E-state index contributed by atoms with van der Waals surface area (Å²) in [6.45, 7) is 0.325. The number of rotatable bonds is 5. The number of fused-ring (bicyclic) bond motifs is 1. The molecule has 2 aromatic carbocycles. The zero-order valence-electron chi connectivity index (χ0n) is 12.1. The Morgan fingerprint density at radius 3 is 2.74 bits per heavy atom. The molecule has 0 atom stereocenters. The number of nitrogens with one attached hydrogen (secondary N) is 1. The summed E-state index contributed by atoms with van der Waals surface area (Å²) in [5.74, 6) is -0.204. The first kappa shape index (κ1) is 15.1. The Labute approximate surface area is 132 Å². The molecule has 0 fully saturated rings. The summed E-state index contributed by atoms with van der Waals surface area (Å²) in [5, 5.41) is 21.2. The van der Waals surface area contributed by atoms with Crippen LogP contribution in [-0.4, -0.2) is 22.3 Å². The molecule has 118 valence electrons. The van der Waals surface area contributed by atoms with Crippen LogP contribution in [0, 0.1) is 0 Å². The topological polar surface area (TPSA) is 88.0 Å². The fourth-order valence-electron chi connectivity index (χ4n) is 2.21. The highest BCUT2D eigenvalue weighted by Crippen LogP contribution is 2.36. The number of carbonyl (C=O) groups is 1. The molecule has 1 aliphatic heterocycles. The zero-order chi connectivity index (χ0) is 16.2. The minimum Gasteiger partial charge on any atom is -0.489 e. The Balaban J connectivity index is 1.89. The van der Waals surface area contributed by atoms with Gasteiger partial charge in [-0.05, 0) is 11.6 Å². The fourth-order valence-corrected chi connectivity index (χ4v) is 2.21. The maximum atomic E-state index is 12.0. The highest BCUT2D eigenvalue weighted by Gasteiger charge is 2.24. The molecular formula is C17H15NO5. The summed E-state index contributed by atoms with van der Waals surface area (Å²) in [4.78, 5) is 12.0. The van der Waals surface area contributed by atoms with Gasteiger partial charge in [-0.3, -0.25) is 4.79 Å². The van der Waals surface area contributed by atoms with E-state index < -0.39 is 12.1 Å². The third-order valence-electron chi connectivity index (χ3n) is 3.30. The molecule has 1 heterocycles. The zero-order valence-corrected chi connectivity index (χ0v) is 12.1. The SMILES string of the molecule is O=C(c1cc(OCc2ccccc2)cc2c1OC=CN2)C(O)O. The molecule has 0 bridgehead atoms. The molecule has 3 rings (SSSR count). The minimum absolute atomic E-state index is 0.0393. The number of ketones is 1. The Kier molecular flexibility index (Phi) is 4.27. The van der Waals surface area contributed by atoms with Crippen LogP contribution in [0.3, 0.4) is 0 Å². The Bertz CT molecular complexity index is 740. The van der Waals surface area contributed by atoms with E-state index in [0.717, 1.165) is 5.56 Å². The first-order valence-electron chi connectivity index (χ1n) is 6.98. The molecule has 0 aliphatic carbocycles. The van der Waals surface area contributed by atoms with Crippen LogP contribution < -0.4 is 14.8 Å². The molecule has 6 nitrogen and oxygen atoms in total. The first-order valence-corrected chi connectivity index (χ1v) is 6.98. The van der Waals surface area contributed by atoms with Crippen LogP contribution in [0.5, 0.6) is 11.5 Å². The third kappa shape index (κ3) is 3.33. The summed E-state index contributed by atoms with van der Waals surface area (Å²) >= 11 is 0. The Morgan fingerprint density at radius 2 is 2.00 bits per heavy atom. The van der Waals surface area contributed by atoms with Crippen LogP contribution in [0.15, 0.2) is 54.9 Å². The van der Waals surface area contributed by atoms with Gasteiger partial charge in [-0.1, -0.05) is 30.3 Å². The standard InChI is InChI=1S/C17H15NO5/c19-15(17(20)21)13-8-12(9-14-16(13)22-7-6-18-14)23-10-11-4-2-1-3-5-11/h1-9,17-18,20-21H,10H2. The molecule has 1 aliphatic rings. The van der Waals surface area contributed by atoms with Gasteiger partial charge in [0, 0.05) is 12.3 Å². The van der Waals surface area contributed by atoms with Crippen molar-refractivity contribution in [1.29, 1.82) is 0 Å². The van der Waals surface area contributed by atoms with E-state index in [4.69, 9.17) is 19.7 Å². The summed E-state index contributed by atoms with van der Waals surface area (Å²) < 4.78 is 11.0. The highest BCUT2D eigenvalue weighted by molar-refractivity contribution is 6.03. The molecule has 0 aromatic heterocycles. The van der Waals surface area contributed by atoms with Crippen molar-refractivity contribution in [3.05, 3.63) is 66.1 Å². The summed E-state index contributed by atoms with van der Waals surface area (Å²) in [7, 11) is 0. The second-order valence-corrected chi connectivity index (χ2v) is 4.92. The summed E-state index contributed by atoms with van der Waals surface area (Å²) in [6.07, 6.45) is 0.818. The molecule has 6 heteroatoms. The van der Waals surface area contributed by atoms with Crippen LogP contribution in [-0.2, 0) is 6.61 Å². The first-order chi connectivity index (χ1) is 11.1. The van der Waals surface area contributed by atoms with Crippen LogP contribution in [0.25, 0.3) is 0 Å². The van der Waals surface area contributed by atoms with Gasteiger partial charge in [0.05, 0.1) is 11.3 Å². The maximum Gasteiger partial charge on any atom is 0.222 e. The van der Waals surface area contributed by atoms with Crippen molar-refractivity contribution in [3.8, 4) is 11.5 Å². The number of aliphatic hydroxyl groups excluding tert-OH is 1. The van der Waals surface area contributed by atoms with E-state index >= 15 is 0 Å². The molecule has 2 aromatic rings. The van der Waals surface area contributed by atoms with E-state index in [1.807, 2.05) is 30.3 Å². The number of hydrogen-bond acceptors (Lipinski definition) is 6. The van der Waals surface area contributed by atoms with Gasteiger partial charge in [-0.25, -0.2) is 0 Å². The molecule has 0 amide bonds. The quantitative estimate of drug-likeness (QED) is 0.578. The summed E-state index contributed by atoms with van der Waals surface area (Å²) in [5.41, 5.74) is 1.53. The fraction of sp³-hybridized carbons (Fsp3) is 0.118. The normalized spacial score (nSPS) is 12.3. The Morgan fingerprint density at radius 1 is 1.22 bits per heavy atom. The van der Waals surface area contributed by atoms with Crippen molar-refractivity contribution in [3.63, 3.8) is 0 Å². The average Bonchev–Trinajstić information content (AvgIpc) is 2.59. The van der Waals surface area contributed by atoms with Crippen LogP contribution in [0.2, 0.25) is 0 Å². The van der Waals surface area contributed by atoms with Gasteiger partial charge in [0.1, 0.15) is 18.6 Å². The minimum atomic E-state index is -2.11. The van der Waals surface area contributed by atoms with Crippen molar-refractivity contribution in [2.75, 3.05) is 5.32 Å². The van der Waals surface area contributed by atoms with E-state index in [2.05, 4.69) is 5.32 Å². The van der Waals surface area contributed by atoms with E-state index in [9.17, 15) is 4.79 Å². The largest absolute Gasteiger partial charge is 0.489 e. The van der Waals surface area contributed by atoms with Crippen molar-refractivity contribution in [2.24, 2.45) is 0 Å². The monoisotopic (exact) mass is 313 g/mol. The lowest BCUT2D eigenvalue weighted by Gasteiger charge is -2.19. The van der Waals surface area contributed by atoms with E-state index in [0.29, 0.717) is 18.0 Å². The van der Waals surface area contributed by atoms with Gasteiger partial charge in [0.25, 0.3) is 0 Å². The lowest BCUT2D eigenvalue weighted by atomic mass is 10.1. The molecule has 0 saturated carbocycles. The molecule has 0 spiro atoms. The smallest absolute Gasteiger partial charge is 0.222 e. The number of anilines is 1. The number of benzene rings is 2. The number of aliphatic hydroxyl groups is 2. The number of hydrogen-bond donors (Lipinski definition) is 3.